The molecule has 0 spiro atoms. The van der Waals surface area contributed by atoms with Crippen molar-refractivity contribution in [1.82, 2.24) is 5.32 Å². The van der Waals surface area contributed by atoms with E-state index in [1.165, 1.54) is 0 Å². The van der Waals surface area contributed by atoms with Crippen LogP contribution in [0.5, 0.6) is 0 Å². The van der Waals surface area contributed by atoms with E-state index in [1.54, 1.807) is 24.3 Å². The second kappa shape index (κ2) is 7.36. The van der Waals surface area contributed by atoms with Crippen LogP contribution < -0.4 is 10.6 Å². The minimum Gasteiger partial charge on any atom is -0.394 e. The number of nitrogens with one attached hydrogen (secondary N) is 2. The van der Waals surface area contributed by atoms with E-state index in [0.717, 1.165) is 5.69 Å². The van der Waals surface area contributed by atoms with Gasteiger partial charge in [0.05, 0.1) is 19.2 Å². The Morgan fingerprint density at radius 1 is 1.44 bits per heavy atom. The molecule has 4 nitrogen and oxygen atoms in total. The Hall–Kier alpha value is -1.99. The van der Waals surface area contributed by atoms with Gasteiger partial charge in [-0.3, -0.25) is 4.79 Å². The molecule has 0 saturated heterocycles. The van der Waals surface area contributed by atoms with Crippen LogP contribution in [0.15, 0.2) is 24.3 Å². The third-order valence-electron chi connectivity index (χ3n) is 2.59. The Bertz CT molecular complexity index is 416. The lowest BCUT2D eigenvalue weighted by Gasteiger charge is -2.14. The standard InChI is InChI=1S/C14H18N2O2/c1-3-9-15-13-7-5-11(6-8-13)14(18)16-12(4-2)10-17/h1,5-8,12,15,17H,4,9-10H2,2H3,(H,16,18). The van der Waals surface area contributed by atoms with Gasteiger partial charge < -0.3 is 15.7 Å². The number of aliphatic hydroxyl groups excluding tert-OH is 1. The molecule has 1 aromatic rings. The summed E-state index contributed by atoms with van der Waals surface area (Å²) in [5, 5.41) is 14.8. The number of terminal acetylenes is 1. The SMILES string of the molecule is C#CCNc1ccc(C(=O)NC(CC)CO)cc1. The Morgan fingerprint density at radius 3 is 2.61 bits per heavy atom. The molecule has 0 aliphatic rings. The third kappa shape index (κ3) is 4.11. The quantitative estimate of drug-likeness (QED) is 0.662. The number of hydrogen-bond acceptors (Lipinski definition) is 3. The summed E-state index contributed by atoms with van der Waals surface area (Å²) in [5.41, 5.74) is 1.44. The topological polar surface area (TPSA) is 61.4 Å². The van der Waals surface area contributed by atoms with Crippen molar-refractivity contribution in [2.45, 2.75) is 19.4 Å². The van der Waals surface area contributed by atoms with Crippen molar-refractivity contribution >= 4 is 11.6 Å². The van der Waals surface area contributed by atoms with Crippen LogP contribution in [0.2, 0.25) is 0 Å². The van der Waals surface area contributed by atoms with E-state index in [0.29, 0.717) is 18.5 Å². The molecule has 0 aliphatic heterocycles. The second-order valence-electron chi connectivity index (χ2n) is 3.90. The molecule has 96 valence electrons. The summed E-state index contributed by atoms with van der Waals surface area (Å²) in [7, 11) is 0. The van der Waals surface area contributed by atoms with Crippen molar-refractivity contribution in [2.24, 2.45) is 0 Å². The summed E-state index contributed by atoms with van der Waals surface area (Å²) in [4.78, 5) is 11.8. The predicted molar refractivity (Wildman–Crippen MR) is 72.4 cm³/mol. The van der Waals surface area contributed by atoms with E-state index in [-0.39, 0.29) is 18.6 Å². The van der Waals surface area contributed by atoms with Gasteiger partial charge in [-0.2, -0.15) is 0 Å². The molecule has 4 heteroatoms. The van der Waals surface area contributed by atoms with Crippen molar-refractivity contribution in [2.75, 3.05) is 18.5 Å². The van der Waals surface area contributed by atoms with Crippen molar-refractivity contribution < 1.29 is 9.90 Å². The molecule has 0 heterocycles. The lowest BCUT2D eigenvalue weighted by molar-refractivity contribution is 0.0915. The summed E-state index contributed by atoms with van der Waals surface area (Å²) < 4.78 is 0. The van der Waals surface area contributed by atoms with Gasteiger partial charge in [0.15, 0.2) is 0 Å². The van der Waals surface area contributed by atoms with Crippen molar-refractivity contribution in [1.29, 1.82) is 0 Å². The molecule has 1 aromatic carbocycles. The molecule has 1 atom stereocenters. The Kier molecular flexibility index (Phi) is 5.75. The number of amides is 1. The molecule has 0 radical (unpaired) electrons. The van der Waals surface area contributed by atoms with Crippen LogP contribution in [0.1, 0.15) is 23.7 Å². The summed E-state index contributed by atoms with van der Waals surface area (Å²) in [6.07, 6.45) is 5.84. The molecule has 0 bridgehead atoms. The van der Waals surface area contributed by atoms with Crippen LogP contribution >= 0.6 is 0 Å². The number of benzene rings is 1. The molecule has 3 N–H and O–H groups in total. The number of hydrogen-bond donors (Lipinski definition) is 3. The van der Waals surface area contributed by atoms with Gasteiger partial charge in [-0.25, -0.2) is 0 Å². The van der Waals surface area contributed by atoms with Crippen LogP contribution in [0.25, 0.3) is 0 Å². The summed E-state index contributed by atoms with van der Waals surface area (Å²) in [6.45, 7) is 2.31. The van der Waals surface area contributed by atoms with E-state index in [2.05, 4.69) is 16.6 Å². The van der Waals surface area contributed by atoms with E-state index in [9.17, 15) is 4.79 Å². The van der Waals surface area contributed by atoms with Crippen LogP contribution in [0, 0.1) is 12.3 Å². The maximum atomic E-state index is 11.8. The number of aliphatic hydroxyl groups is 1. The minimum atomic E-state index is -0.197. The summed E-state index contributed by atoms with van der Waals surface area (Å²) in [5.74, 6) is 2.30. The maximum absolute atomic E-state index is 11.8. The van der Waals surface area contributed by atoms with E-state index >= 15 is 0 Å². The monoisotopic (exact) mass is 246 g/mol. The molecule has 0 aromatic heterocycles. The second-order valence-corrected chi connectivity index (χ2v) is 3.90. The maximum Gasteiger partial charge on any atom is 0.251 e. The highest BCUT2D eigenvalue weighted by Gasteiger charge is 2.10. The smallest absolute Gasteiger partial charge is 0.251 e. The Morgan fingerprint density at radius 2 is 2.11 bits per heavy atom. The first-order valence-electron chi connectivity index (χ1n) is 5.90. The summed E-state index contributed by atoms with van der Waals surface area (Å²) >= 11 is 0. The van der Waals surface area contributed by atoms with Crippen molar-refractivity contribution in [3.8, 4) is 12.3 Å². The van der Waals surface area contributed by atoms with Crippen LogP contribution in [0.4, 0.5) is 5.69 Å². The Balaban J connectivity index is 2.61. The molecule has 1 amide bonds. The largest absolute Gasteiger partial charge is 0.394 e. The normalized spacial score (nSPS) is 11.4. The van der Waals surface area contributed by atoms with Crippen LogP contribution in [-0.4, -0.2) is 30.2 Å². The van der Waals surface area contributed by atoms with Gasteiger partial charge in [0.1, 0.15) is 0 Å². The van der Waals surface area contributed by atoms with E-state index < -0.39 is 0 Å². The number of anilines is 1. The lowest BCUT2D eigenvalue weighted by atomic mass is 10.1. The molecule has 1 unspecified atom stereocenters. The zero-order valence-corrected chi connectivity index (χ0v) is 10.4. The van der Waals surface area contributed by atoms with Gasteiger partial charge >= 0.3 is 0 Å². The van der Waals surface area contributed by atoms with Crippen molar-refractivity contribution in [3.05, 3.63) is 29.8 Å². The zero-order valence-electron chi connectivity index (χ0n) is 10.4. The number of rotatable bonds is 6. The number of carbonyl (C=O) groups excluding carboxylic acids is 1. The molecule has 0 aliphatic carbocycles. The minimum absolute atomic E-state index is 0.0515. The van der Waals surface area contributed by atoms with Crippen LogP contribution in [-0.2, 0) is 0 Å². The first kappa shape index (κ1) is 14.1. The average molecular weight is 246 g/mol. The van der Waals surface area contributed by atoms with Crippen LogP contribution in [0.3, 0.4) is 0 Å². The molecule has 1 rings (SSSR count). The first-order chi connectivity index (χ1) is 8.71. The summed E-state index contributed by atoms with van der Waals surface area (Å²) in [6, 6.07) is 6.84. The van der Waals surface area contributed by atoms with Crippen molar-refractivity contribution in [3.63, 3.8) is 0 Å². The predicted octanol–water partition coefficient (Wildman–Crippen LogP) is 1.23. The molecule has 0 fully saturated rings. The Labute approximate surface area is 107 Å². The molecule has 18 heavy (non-hydrogen) atoms. The zero-order chi connectivity index (χ0) is 13.4. The highest BCUT2D eigenvalue weighted by molar-refractivity contribution is 5.94. The highest BCUT2D eigenvalue weighted by Crippen LogP contribution is 2.09. The van der Waals surface area contributed by atoms with Gasteiger partial charge in [-0.1, -0.05) is 12.8 Å². The van der Waals surface area contributed by atoms with Gasteiger partial charge in [-0.15, -0.1) is 6.42 Å². The third-order valence-corrected chi connectivity index (χ3v) is 2.59. The lowest BCUT2D eigenvalue weighted by Crippen LogP contribution is -2.36. The fraction of sp³-hybridized carbons (Fsp3) is 0.357. The van der Waals surface area contributed by atoms with E-state index in [1.807, 2.05) is 6.92 Å². The average Bonchev–Trinajstić information content (AvgIpc) is 2.42. The van der Waals surface area contributed by atoms with Gasteiger partial charge in [0, 0.05) is 11.3 Å². The number of carbonyl (C=O) groups is 1. The van der Waals surface area contributed by atoms with Gasteiger partial charge in [0.2, 0.25) is 0 Å². The van der Waals surface area contributed by atoms with E-state index in [4.69, 9.17) is 11.5 Å². The molecular formula is C14H18N2O2. The molecule has 0 saturated carbocycles. The highest BCUT2D eigenvalue weighted by atomic mass is 16.3. The van der Waals surface area contributed by atoms with Gasteiger partial charge in [-0.05, 0) is 30.7 Å². The molecular weight excluding hydrogens is 228 g/mol. The fourth-order valence-corrected chi connectivity index (χ4v) is 1.44. The van der Waals surface area contributed by atoms with Gasteiger partial charge in [0.25, 0.3) is 5.91 Å². The first-order valence-corrected chi connectivity index (χ1v) is 5.90. The fourth-order valence-electron chi connectivity index (χ4n) is 1.44.